The minimum Gasteiger partial charge on any atom is -0.490 e. The maximum atomic E-state index is 12.5. The summed E-state index contributed by atoms with van der Waals surface area (Å²) in [6, 6.07) is 9.34. The normalized spacial score (nSPS) is 16.8. The van der Waals surface area contributed by atoms with Gasteiger partial charge in [0, 0.05) is 26.1 Å². The van der Waals surface area contributed by atoms with Gasteiger partial charge < -0.3 is 24.4 Å². The van der Waals surface area contributed by atoms with Crippen molar-refractivity contribution in [1.29, 1.82) is 0 Å². The summed E-state index contributed by atoms with van der Waals surface area (Å²) in [5, 5.41) is 2.85. The van der Waals surface area contributed by atoms with Crippen molar-refractivity contribution in [2.45, 2.75) is 38.8 Å². The van der Waals surface area contributed by atoms with Gasteiger partial charge >= 0.3 is 0 Å². The largest absolute Gasteiger partial charge is 0.490 e. The number of methoxy groups -OCH3 is 1. The first kappa shape index (κ1) is 22.6. The van der Waals surface area contributed by atoms with Gasteiger partial charge in [-0.1, -0.05) is 12.1 Å². The number of halogens is 2. The smallest absolute Gasteiger partial charge is 0.272 e. The van der Waals surface area contributed by atoms with Crippen molar-refractivity contribution >= 4 is 11.6 Å². The minimum atomic E-state index is -2.59. The Hall–Kier alpha value is -3.10. The van der Waals surface area contributed by atoms with Crippen molar-refractivity contribution in [2.75, 3.05) is 31.7 Å². The Balaban J connectivity index is 1.63. The van der Waals surface area contributed by atoms with Gasteiger partial charge in [0.25, 0.3) is 12.3 Å². The zero-order chi connectivity index (χ0) is 22.4. The van der Waals surface area contributed by atoms with E-state index in [0.717, 1.165) is 30.0 Å². The van der Waals surface area contributed by atoms with Crippen molar-refractivity contribution in [1.82, 2.24) is 10.3 Å². The number of nitrogens with zero attached hydrogens (tertiary/aromatic N) is 2. The highest BCUT2D eigenvalue weighted by Gasteiger charge is 2.28. The second-order valence-corrected chi connectivity index (χ2v) is 7.34. The van der Waals surface area contributed by atoms with Gasteiger partial charge in [-0.3, -0.25) is 4.79 Å². The molecule has 2 aromatic rings. The van der Waals surface area contributed by atoms with Crippen LogP contribution in [0.4, 0.5) is 14.5 Å². The average molecular weight is 435 g/mol. The molecule has 1 aliphatic heterocycles. The van der Waals surface area contributed by atoms with E-state index in [0.29, 0.717) is 12.3 Å². The fraction of sp³-hybridized carbons (Fsp3) is 0.455. The van der Waals surface area contributed by atoms with Gasteiger partial charge in [0.15, 0.2) is 6.61 Å². The average Bonchev–Trinajstić information content (AvgIpc) is 3.20. The molecule has 1 aliphatic rings. The number of carbonyl (C=O) groups is 1. The van der Waals surface area contributed by atoms with Crippen LogP contribution in [0.1, 0.15) is 31.9 Å². The first-order chi connectivity index (χ1) is 14.9. The Morgan fingerprint density at radius 3 is 2.68 bits per heavy atom. The van der Waals surface area contributed by atoms with E-state index in [1.165, 1.54) is 20.2 Å². The number of aromatic nitrogens is 1. The predicted octanol–water partition coefficient (Wildman–Crippen LogP) is 3.59. The molecule has 0 aliphatic carbocycles. The number of rotatable bonds is 9. The Labute approximate surface area is 180 Å². The molecular formula is C22H27F2N3O4. The molecule has 0 saturated carbocycles. The van der Waals surface area contributed by atoms with E-state index in [9.17, 15) is 13.6 Å². The highest BCUT2D eigenvalue weighted by Crippen LogP contribution is 2.37. The number of amides is 1. The molecule has 0 bridgehead atoms. The number of alkyl halides is 2. The van der Waals surface area contributed by atoms with Crippen LogP contribution >= 0.6 is 0 Å². The molecular weight excluding hydrogens is 408 g/mol. The summed E-state index contributed by atoms with van der Waals surface area (Å²) in [4.78, 5) is 17.3. The van der Waals surface area contributed by atoms with Crippen molar-refractivity contribution in [3.63, 3.8) is 0 Å². The van der Waals surface area contributed by atoms with E-state index in [4.69, 9.17) is 14.2 Å². The van der Waals surface area contributed by atoms with Crippen LogP contribution in [0.25, 0.3) is 0 Å². The molecule has 1 fully saturated rings. The molecule has 0 spiro atoms. The van der Waals surface area contributed by atoms with Crippen molar-refractivity contribution in [3.8, 4) is 17.4 Å². The summed E-state index contributed by atoms with van der Waals surface area (Å²) in [5.41, 5.74) is 1.72. The lowest BCUT2D eigenvalue weighted by molar-refractivity contribution is -0.119. The standard InChI is InChI=1S/C22H27F2N3O4/c1-14(26-15(2)28)16-4-6-17(7-5-16)31-18-9-11-27(12-18)19-8-10-25-22(21(19)29-3)30-13-20(23)24/h4-8,10,14,18,20H,9,11-13H2,1-3H3,(H,26,28)/t14?,18-/m0/s1. The second-order valence-electron chi connectivity index (χ2n) is 7.34. The second kappa shape index (κ2) is 10.3. The lowest BCUT2D eigenvalue weighted by atomic mass is 10.1. The Morgan fingerprint density at radius 1 is 1.29 bits per heavy atom. The van der Waals surface area contributed by atoms with Gasteiger partial charge in [-0.05, 0) is 30.7 Å². The molecule has 1 N–H and O–H groups in total. The molecule has 31 heavy (non-hydrogen) atoms. The topological polar surface area (TPSA) is 72.9 Å². The van der Waals surface area contributed by atoms with Crippen LogP contribution in [-0.2, 0) is 4.79 Å². The van der Waals surface area contributed by atoms with Crippen LogP contribution in [0.2, 0.25) is 0 Å². The van der Waals surface area contributed by atoms with Gasteiger partial charge in [0.2, 0.25) is 11.7 Å². The third-order valence-corrected chi connectivity index (χ3v) is 4.99. The third kappa shape index (κ3) is 5.96. The van der Waals surface area contributed by atoms with Crippen molar-refractivity contribution in [2.24, 2.45) is 0 Å². The zero-order valence-corrected chi connectivity index (χ0v) is 17.8. The zero-order valence-electron chi connectivity index (χ0n) is 17.8. The quantitative estimate of drug-likeness (QED) is 0.649. The van der Waals surface area contributed by atoms with E-state index in [1.807, 2.05) is 31.2 Å². The monoisotopic (exact) mass is 435 g/mol. The minimum absolute atomic E-state index is 0.0399. The molecule has 3 rings (SSSR count). The number of hydrogen-bond acceptors (Lipinski definition) is 6. The lowest BCUT2D eigenvalue weighted by Crippen LogP contribution is -2.25. The van der Waals surface area contributed by atoms with E-state index in [1.54, 1.807) is 6.07 Å². The number of pyridine rings is 1. The molecule has 2 heterocycles. The molecule has 0 radical (unpaired) electrons. The van der Waals surface area contributed by atoms with Crippen LogP contribution in [-0.4, -0.2) is 50.2 Å². The van der Waals surface area contributed by atoms with Crippen LogP contribution in [0.5, 0.6) is 17.4 Å². The van der Waals surface area contributed by atoms with Gasteiger partial charge in [0.1, 0.15) is 11.9 Å². The number of hydrogen-bond donors (Lipinski definition) is 1. The van der Waals surface area contributed by atoms with Gasteiger partial charge in [-0.25, -0.2) is 13.8 Å². The SMILES string of the molecule is COc1c(N2CC[C@H](Oc3ccc(C(C)NC(C)=O)cc3)C2)ccnc1OCC(F)F. The van der Waals surface area contributed by atoms with Gasteiger partial charge in [-0.15, -0.1) is 0 Å². The number of ether oxygens (including phenoxy) is 3. The summed E-state index contributed by atoms with van der Waals surface area (Å²) >= 11 is 0. The lowest BCUT2D eigenvalue weighted by Gasteiger charge is -2.22. The highest BCUT2D eigenvalue weighted by atomic mass is 19.3. The van der Waals surface area contributed by atoms with Crippen molar-refractivity contribution < 1.29 is 27.8 Å². The molecule has 1 amide bonds. The molecule has 1 aromatic heterocycles. The Morgan fingerprint density at radius 2 is 2.03 bits per heavy atom. The molecule has 2 atom stereocenters. The first-order valence-electron chi connectivity index (χ1n) is 10.1. The predicted molar refractivity (Wildman–Crippen MR) is 112 cm³/mol. The summed E-state index contributed by atoms with van der Waals surface area (Å²) in [6.45, 7) is 4.00. The number of anilines is 1. The maximum Gasteiger partial charge on any atom is 0.272 e. The number of nitrogens with one attached hydrogen (secondary N) is 1. The van der Waals surface area contributed by atoms with Gasteiger partial charge in [0.05, 0.1) is 25.4 Å². The summed E-state index contributed by atoms with van der Waals surface area (Å²) < 4.78 is 41.6. The molecule has 1 saturated heterocycles. The van der Waals surface area contributed by atoms with E-state index >= 15 is 0 Å². The Bertz CT molecular complexity index is 880. The van der Waals surface area contributed by atoms with Crippen LogP contribution in [0.15, 0.2) is 36.5 Å². The number of carbonyl (C=O) groups excluding carboxylic acids is 1. The third-order valence-electron chi connectivity index (χ3n) is 4.99. The summed E-state index contributed by atoms with van der Waals surface area (Å²) in [7, 11) is 1.46. The summed E-state index contributed by atoms with van der Waals surface area (Å²) in [6.07, 6.45) is -0.320. The molecule has 9 heteroatoms. The fourth-order valence-electron chi connectivity index (χ4n) is 3.56. The van der Waals surface area contributed by atoms with Crippen molar-refractivity contribution in [3.05, 3.63) is 42.1 Å². The maximum absolute atomic E-state index is 12.5. The molecule has 168 valence electrons. The Kier molecular flexibility index (Phi) is 7.49. The molecule has 1 unspecified atom stereocenters. The first-order valence-corrected chi connectivity index (χ1v) is 10.1. The van der Waals surface area contributed by atoms with E-state index < -0.39 is 13.0 Å². The van der Waals surface area contributed by atoms with E-state index in [-0.39, 0.29) is 23.9 Å². The van der Waals surface area contributed by atoms with Gasteiger partial charge in [-0.2, -0.15) is 0 Å². The fourth-order valence-corrected chi connectivity index (χ4v) is 3.56. The molecule has 1 aromatic carbocycles. The number of benzene rings is 1. The summed E-state index contributed by atoms with van der Waals surface area (Å²) in [5.74, 6) is 1.05. The molecule has 7 nitrogen and oxygen atoms in total. The van der Waals surface area contributed by atoms with E-state index in [2.05, 4.69) is 15.2 Å². The van der Waals surface area contributed by atoms with Crippen LogP contribution < -0.4 is 24.4 Å². The van der Waals surface area contributed by atoms with Crippen LogP contribution in [0, 0.1) is 0 Å². The highest BCUT2D eigenvalue weighted by molar-refractivity contribution is 5.73. The van der Waals surface area contributed by atoms with Crippen LogP contribution in [0.3, 0.4) is 0 Å².